The molecule has 6 nitrogen and oxygen atoms in total. The normalized spacial score (nSPS) is 18.0. The first kappa shape index (κ1) is 15.2. The van der Waals surface area contributed by atoms with Crippen LogP contribution in [0.5, 0.6) is 11.5 Å². The highest BCUT2D eigenvalue weighted by molar-refractivity contribution is 8.18. The molecule has 2 aromatic rings. The molecule has 0 unspecified atom stereocenters. The third-order valence-electron chi connectivity index (χ3n) is 3.56. The number of carbonyl (C=O) groups excluding carboxylic acids is 2. The van der Waals surface area contributed by atoms with Gasteiger partial charge in [-0.3, -0.25) is 14.5 Å². The summed E-state index contributed by atoms with van der Waals surface area (Å²) in [5, 5.41) is 0.0554. The van der Waals surface area contributed by atoms with Crippen molar-refractivity contribution in [1.82, 2.24) is 4.90 Å². The SMILES string of the molecule is O=C1S/C(=C/c2ccco2)C(=O)N1Cc1cc2c(cc1Cl)OCO2. The summed E-state index contributed by atoms with van der Waals surface area (Å²) < 4.78 is 15.7. The summed E-state index contributed by atoms with van der Waals surface area (Å²) in [5.74, 6) is 1.24. The van der Waals surface area contributed by atoms with Crippen LogP contribution in [0.2, 0.25) is 5.02 Å². The third kappa shape index (κ3) is 2.65. The van der Waals surface area contributed by atoms with Crippen LogP contribution >= 0.6 is 23.4 Å². The van der Waals surface area contributed by atoms with Gasteiger partial charge in [0.1, 0.15) is 5.76 Å². The molecule has 1 saturated heterocycles. The second-order valence-corrected chi connectivity index (χ2v) is 6.48. The molecular formula is C16H10ClNO5S. The summed E-state index contributed by atoms with van der Waals surface area (Å²) in [7, 11) is 0. The summed E-state index contributed by atoms with van der Waals surface area (Å²) in [6.07, 6.45) is 3.05. The lowest BCUT2D eigenvalue weighted by molar-refractivity contribution is -0.123. The van der Waals surface area contributed by atoms with Crippen LogP contribution in [-0.4, -0.2) is 22.8 Å². The fourth-order valence-electron chi connectivity index (χ4n) is 2.39. The standard InChI is InChI=1S/C16H10ClNO5S/c17-11-6-13-12(22-8-23-13)4-9(11)7-18-15(19)14(24-16(18)20)5-10-2-1-3-21-10/h1-6H,7-8H2/b14-5+. The van der Waals surface area contributed by atoms with E-state index in [1.54, 1.807) is 30.3 Å². The lowest BCUT2D eigenvalue weighted by Gasteiger charge is -2.14. The Bertz CT molecular complexity index is 862. The van der Waals surface area contributed by atoms with Crippen LogP contribution in [0.3, 0.4) is 0 Å². The van der Waals surface area contributed by atoms with Crippen molar-refractivity contribution in [2.75, 3.05) is 6.79 Å². The van der Waals surface area contributed by atoms with Crippen molar-refractivity contribution in [3.63, 3.8) is 0 Å². The molecule has 2 aliphatic rings. The Morgan fingerprint density at radius 1 is 1.25 bits per heavy atom. The predicted octanol–water partition coefficient (Wildman–Crippen LogP) is 3.90. The number of rotatable bonds is 3. The van der Waals surface area contributed by atoms with Crippen LogP contribution < -0.4 is 9.47 Å². The average Bonchev–Trinajstić information content (AvgIpc) is 3.26. The molecule has 4 rings (SSSR count). The Hall–Kier alpha value is -2.38. The molecule has 0 radical (unpaired) electrons. The molecule has 1 aromatic carbocycles. The molecule has 0 atom stereocenters. The second kappa shape index (κ2) is 5.92. The number of imide groups is 1. The molecule has 0 aliphatic carbocycles. The summed E-state index contributed by atoms with van der Waals surface area (Å²) in [6.45, 7) is 0.193. The van der Waals surface area contributed by atoms with Gasteiger partial charge in [0.05, 0.1) is 17.7 Å². The van der Waals surface area contributed by atoms with Crippen LogP contribution in [0.25, 0.3) is 6.08 Å². The molecule has 0 spiro atoms. The van der Waals surface area contributed by atoms with Gasteiger partial charge in [0.25, 0.3) is 11.1 Å². The van der Waals surface area contributed by atoms with Gasteiger partial charge in [0.15, 0.2) is 11.5 Å². The average molecular weight is 364 g/mol. The number of hydrogen-bond donors (Lipinski definition) is 0. The smallest absolute Gasteiger partial charge is 0.293 e. The highest BCUT2D eigenvalue weighted by Gasteiger charge is 2.36. The Morgan fingerprint density at radius 3 is 2.79 bits per heavy atom. The summed E-state index contributed by atoms with van der Waals surface area (Å²) >= 11 is 7.08. The molecule has 122 valence electrons. The van der Waals surface area contributed by atoms with Gasteiger partial charge >= 0.3 is 0 Å². The molecule has 2 aliphatic heterocycles. The van der Waals surface area contributed by atoms with Crippen molar-refractivity contribution < 1.29 is 23.5 Å². The van der Waals surface area contributed by atoms with Crippen molar-refractivity contribution >= 4 is 40.6 Å². The molecule has 8 heteroatoms. The molecule has 1 aromatic heterocycles. The molecule has 3 heterocycles. The Labute approximate surface area is 146 Å². The van der Waals surface area contributed by atoms with Gasteiger partial charge in [-0.05, 0) is 35.5 Å². The molecule has 0 N–H and O–H groups in total. The Balaban J connectivity index is 1.59. The number of amides is 2. The molecular weight excluding hydrogens is 354 g/mol. The topological polar surface area (TPSA) is 69.0 Å². The van der Waals surface area contributed by atoms with Gasteiger partial charge in [0, 0.05) is 17.2 Å². The van der Waals surface area contributed by atoms with E-state index in [2.05, 4.69) is 0 Å². The second-order valence-electron chi connectivity index (χ2n) is 5.08. The quantitative estimate of drug-likeness (QED) is 0.770. The molecule has 1 fully saturated rings. The van der Waals surface area contributed by atoms with Gasteiger partial charge in [-0.15, -0.1) is 0 Å². The first-order valence-electron chi connectivity index (χ1n) is 6.99. The maximum Gasteiger partial charge on any atom is 0.293 e. The van der Waals surface area contributed by atoms with E-state index in [0.29, 0.717) is 32.8 Å². The Morgan fingerprint density at radius 2 is 2.04 bits per heavy atom. The minimum atomic E-state index is -0.380. The van der Waals surface area contributed by atoms with E-state index in [4.69, 9.17) is 25.5 Å². The zero-order valence-electron chi connectivity index (χ0n) is 12.2. The maximum atomic E-state index is 12.5. The van der Waals surface area contributed by atoms with Crippen LogP contribution in [-0.2, 0) is 11.3 Å². The predicted molar refractivity (Wildman–Crippen MR) is 87.8 cm³/mol. The van der Waals surface area contributed by atoms with E-state index < -0.39 is 0 Å². The monoisotopic (exact) mass is 363 g/mol. The fraction of sp³-hybridized carbons (Fsp3) is 0.125. The zero-order valence-corrected chi connectivity index (χ0v) is 13.7. The van der Waals surface area contributed by atoms with E-state index in [0.717, 1.165) is 16.7 Å². The number of furan rings is 1. The van der Waals surface area contributed by atoms with Crippen molar-refractivity contribution in [3.05, 3.63) is 51.8 Å². The maximum absolute atomic E-state index is 12.5. The van der Waals surface area contributed by atoms with Crippen LogP contribution in [0.15, 0.2) is 39.9 Å². The molecule has 2 amide bonds. The number of fused-ring (bicyclic) bond motifs is 1. The van der Waals surface area contributed by atoms with E-state index in [-0.39, 0.29) is 24.5 Å². The van der Waals surface area contributed by atoms with E-state index in [9.17, 15) is 9.59 Å². The molecule has 24 heavy (non-hydrogen) atoms. The van der Waals surface area contributed by atoms with Crippen LogP contribution in [0.1, 0.15) is 11.3 Å². The lowest BCUT2D eigenvalue weighted by atomic mass is 10.2. The van der Waals surface area contributed by atoms with Gasteiger partial charge in [-0.25, -0.2) is 0 Å². The van der Waals surface area contributed by atoms with Gasteiger partial charge in [-0.1, -0.05) is 11.6 Å². The van der Waals surface area contributed by atoms with Crippen molar-refractivity contribution in [2.24, 2.45) is 0 Å². The van der Waals surface area contributed by atoms with E-state index in [1.165, 1.54) is 6.26 Å². The van der Waals surface area contributed by atoms with E-state index in [1.807, 2.05) is 0 Å². The number of carbonyl (C=O) groups is 2. The van der Waals surface area contributed by atoms with Gasteiger partial charge < -0.3 is 13.9 Å². The molecule has 0 bridgehead atoms. The summed E-state index contributed by atoms with van der Waals surface area (Å²) in [6, 6.07) is 6.73. The highest BCUT2D eigenvalue weighted by Crippen LogP contribution is 2.39. The third-order valence-corrected chi connectivity index (χ3v) is 4.82. The number of thioether (sulfide) groups is 1. The van der Waals surface area contributed by atoms with Gasteiger partial charge in [-0.2, -0.15) is 0 Å². The number of benzene rings is 1. The minimum absolute atomic E-state index is 0.0651. The first-order chi connectivity index (χ1) is 11.6. The van der Waals surface area contributed by atoms with Crippen LogP contribution in [0, 0.1) is 0 Å². The summed E-state index contributed by atoms with van der Waals surface area (Å²) in [5.41, 5.74) is 0.613. The first-order valence-corrected chi connectivity index (χ1v) is 8.18. The van der Waals surface area contributed by atoms with Crippen molar-refractivity contribution in [3.8, 4) is 11.5 Å². The fourth-order valence-corrected chi connectivity index (χ4v) is 3.42. The lowest BCUT2D eigenvalue weighted by Crippen LogP contribution is -2.27. The van der Waals surface area contributed by atoms with E-state index >= 15 is 0 Å². The Kier molecular flexibility index (Phi) is 3.74. The number of ether oxygens (including phenoxy) is 2. The number of hydrogen-bond acceptors (Lipinski definition) is 6. The largest absolute Gasteiger partial charge is 0.465 e. The number of halogens is 1. The summed E-state index contributed by atoms with van der Waals surface area (Å²) in [4.78, 5) is 26.1. The van der Waals surface area contributed by atoms with Gasteiger partial charge in [0.2, 0.25) is 6.79 Å². The van der Waals surface area contributed by atoms with Crippen molar-refractivity contribution in [2.45, 2.75) is 6.54 Å². The molecule has 0 saturated carbocycles. The zero-order chi connectivity index (χ0) is 16.7. The van der Waals surface area contributed by atoms with Crippen LogP contribution in [0.4, 0.5) is 4.79 Å². The van der Waals surface area contributed by atoms with Crippen molar-refractivity contribution in [1.29, 1.82) is 0 Å². The number of nitrogens with zero attached hydrogens (tertiary/aromatic N) is 1. The highest BCUT2D eigenvalue weighted by atomic mass is 35.5. The minimum Gasteiger partial charge on any atom is -0.465 e.